The highest BCUT2D eigenvalue weighted by Crippen LogP contribution is 2.31. The zero-order valence-electron chi connectivity index (χ0n) is 21.7. The Morgan fingerprint density at radius 3 is 2.31 bits per heavy atom. The van der Waals surface area contributed by atoms with Crippen LogP contribution >= 0.6 is 0 Å². The minimum absolute atomic E-state index is 0.0495. The van der Waals surface area contributed by atoms with Crippen LogP contribution in [-0.2, 0) is 6.54 Å². The quantitative estimate of drug-likeness (QED) is 0.461. The van der Waals surface area contributed by atoms with Crippen LogP contribution in [0.2, 0.25) is 0 Å². The molecule has 1 aliphatic rings. The first-order valence-electron chi connectivity index (χ1n) is 12.6. The van der Waals surface area contributed by atoms with Crippen molar-refractivity contribution in [3.63, 3.8) is 0 Å². The maximum absolute atomic E-state index is 14.5. The Kier molecular flexibility index (Phi) is 7.73. The molecule has 1 amide bonds. The van der Waals surface area contributed by atoms with Crippen molar-refractivity contribution in [1.29, 1.82) is 0 Å². The van der Waals surface area contributed by atoms with Gasteiger partial charge >= 0.3 is 0 Å². The molecule has 0 atom stereocenters. The lowest BCUT2D eigenvalue weighted by molar-refractivity contribution is 0.0685. The van der Waals surface area contributed by atoms with Gasteiger partial charge in [0.2, 0.25) is 0 Å². The number of aryl methyl sites for hydroxylation is 1. The minimum Gasteiger partial charge on any atom is -0.354 e. The van der Waals surface area contributed by atoms with E-state index in [0.29, 0.717) is 11.7 Å². The van der Waals surface area contributed by atoms with Gasteiger partial charge in [-0.2, -0.15) is 5.10 Å². The normalized spacial score (nSPS) is 14.6. The molecule has 1 aromatic heterocycles. The molecular weight excluding hydrogens is 460 g/mol. The first-order valence-corrected chi connectivity index (χ1v) is 12.6. The Morgan fingerprint density at radius 1 is 1.00 bits per heavy atom. The van der Waals surface area contributed by atoms with Gasteiger partial charge < -0.3 is 9.80 Å². The largest absolute Gasteiger partial charge is 0.354 e. The van der Waals surface area contributed by atoms with Crippen molar-refractivity contribution < 1.29 is 13.6 Å². The summed E-state index contributed by atoms with van der Waals surface area (Å²) < 4.78 is 30.5. The van der Waals surface area contributed by atoms with Gasteiger partial charge in [-0.25, -0.2) is 13.5 Å². The maximum Gasteiger partial charge on any atom is 0.257 e. The second kappa shape index (κ2) is 10.8. The lowest BCUT2D eigenvalue weighted by Gasteiger charge is -2.39. The van der Waals surface area contributed by atoms with E-state index in [0.717, 1.165) is 43.3 Å². The molecule has 3 aromatic rings. The maximum atomic E-state index is 14.5. The molecule has 1 saturated heterocycles. The van der Waals surface area contributed by atoms with Crippen molar-refractivity contribution in [2.24, 2.45) is 0 Å². The van der Waals surface area contributed by atoms with Gasteiger partial charge in [0.25, 0.3) is 5.91 Å². The average molecular weight is 496 g/mol. The van der Waals surface area contributed by atoms with Gasteiger partial charge in [0.1, 0.15) is 17.5 Å². The Bertz CT molecular complexity index is 1210. The number of benzene rings is 2. The van der Waals surface area contributed by atoms with Gasteiger partial charge in [0.15, 0.2) is 0 Å². The number of rotatable bonds is 7. The number of carbonyl (C=O) groups excluding carboxylic acids is 1. The molecule has 0 unspecified atom stereocenters. The van der Waals surface area contributed by atoms with Gasteiger partial charge in [0.05, 0.1) is 23.5 Å². The zero-order chi connectivity index (χ0) is 26.0. The SMILES string of the molecule is Cc1nn(-c2cccc(F)c2)c(N2CCN(C(C)C)CC2)c1CN(C(=O)c1ccccc1F)C(C)C. The lowest BCUT2D eigenvalue weighted by atomic mass is 10.1. The Labute approximate surface area is 212 Å². The standard InChI is InChI=1S/C28H35F2N5O/c1-19(2)32-13-15-33(16-14-32)27-25(21(5)31-35(27)23-10-8-9-22(29)17-23)18-34(20(3)4)28(36)24-11-6-7-12-26(24)30/h6-12,17,19-20H,13-16,18H2,1-5H3. The molecule has 0 spiro atoms. The lowest BCUT2D eigenvalue weighted by Crippen LogP contribution is -2.49. The van der Waals surface area contributed by atoms with Crippen molar-refractivity contribution in [2.45, 2.75) is 53.2 Å². The first-order chi connectivity index (χ1) is 17.2. The van der Waals surface area contributed by atoms with Crippen molar-refractivity contribution in [3.8, 4) is 5.69 Å². The summed E-state index contributed by atoms with van der Waals surface area (Å²) in [7, 11) is 0. The van der Waals surface area contributed by atoms with Crippen LogP contribution in [0.3, 0.4) is 0 Å². The molecule has 1 aliphatic heterocycles. The van der Waals surface area contributed by atoms with Crippen LogP contribution < -0.4 is 4.90 Å². The van der Waals surface area contributed by atoms with Crippen LogP contribution in [0.15, 0.2) is 48.5 Å². The molecule has 6 nitrogen and oxygen atoms in total. The van der Waals surface area contributed by atoms with E-state index in [2.05, 4.69) is 23.6 Å². The predicted octanol–water partition coefficient (Wildman–Crippen LogP) is 5.04. The smallest absolute Gasteiger partial charge is 0.257 e. The second-order valence-electron chi connectivity index (χ2n) is 9.90. The number of anilines is 1. The summed E-state index contributed by atoms with van der Waals surface area (Å²) in [4.78, 5) is 19.8. The third-order valence-electron chi connectivity index (χ3n) is 6.87. The summed E-state index contributed by atoms with van der Waals surface area (Å²) in [5.74, 6) is -0.383. The molecule has 0 aliphatic carbocycles. The third kappa shape index (κ3) is 5.28. The summed E-state index contributed by atoms with van der Waals surface area (Å²) in [6.45, 7) is 13.8. The van der Waals surface area contributed by atoms with Crippen LogP contribution in [0.1, 0.15) is 49.3 Å². The molecular formula is C28H35F2N5O. The van der Waals surface area contributed by atoms with E-state index in [-0.39, 0.29) is 29.9 Å². The van der Waals surface area contributed by atoms with Crippen LogP contribution in [0.4, 0.5) is 14.6 Å². The molecule has 0 radical (unpaired) electrons. The van der Waals surface area contributed by atoms with E-state index in [9.17, 15) is 13.6 Å². The van der Waals surface area contributed by atoms with Crippen LogP contribution in [-0.4, -0.2) is 63.8 Å². The number of aromatic nitrogens is 2. The molecule has 1 fully saturated rings. The molecule has 2 aromatic carbocycles. The van der Waals surface area contributed by atoms with Crippen LogP contribution in [0.5, 0.6) is 0 Å². The zero-order valence-corrected chi connectivity index (χ0v) is 21.7. The molecule has 0 N–H and O–H groups in total. The van der Waals surface area contributed by atoms with E-state index in [4.69, 9.17) is 5.10 Å². The van der Waals surface area contributed by atoms with Crippen molar-refractivity contribution >= 4 is 11.7 Å². The van der Waals surface area contributed by atoms with E-state index in [1.54, 1.807) is 27.8 Å². The summed E-state index contributed by atoms with van der Waals surface area (Å²) in [6, 6.07) is 12.7. The highest BCUT2D eigenvalue weighted by atomic mass is 19.1. The Hall–Kier alpha value is -3.26. The summed E-state index contributed by atoms with van der Waals surface area (Å²) >= 11 is 0. The molecule has 4 rings (SSSR count). The number of nitrogens with zero attached hydrogens (tertiary/aromatic N) is 5. The molecule has 36 heavy (non-hydrogen) atoms. The molecule has 8 heteroatoms. The fourth-order valence-electron chi connectivity index (χ4n) is 4.74. The monoisotopic (exact) mass is 495 g/mol. The first kappa shape index (κ1) is 25.8. The number of carbonyl (C=O) groups is 1. The Balaban J connectivity index is 1.76. The van der Waals surface area contributed by atoms with Crippen molar-refractivity contribution in [3.05, 3.63) is 77.0 Å². The summed E-state index contributed by atoms with van der Waals surface area (Å²) in [5.41, 5.74) is 2.32. The highest BCUT2D eigenvalue weighted by Gasteiger charge is 2.30. The third-order valence-corrected chi connectivity index (χ3v) is 6.87. The van der Waals surface area contributed by atoms with Crippen LogP contribution in [0, 0.1) is 18.6 Å². The van der Waals surface area contributed by atoms with Gasteiger partial charge in [-0.3, -0.25) is 9.69 Å². The second-order valence-corrected chi connectivity index (χ2v) is 9.90. The van der Waals surface area contributed by atoms with E-state index < -0.39 is 5.82 Å². The average Bonchev–Trinajstić information content (AvgIpc) is 3.18. The topological polar surface area (TPSA) is 44.6 Å². The molecule has 0 bridgehead atoms. The summed E-state index contributed by atoms with van der Waals surface area (Å²) in [5, 5.41) is 4.80. The van der Waals surface area contributed by atoms with Gasteiger partial charge in [-0.15, -0.1) is 0 Å². The van der Waals surface area contributed by atoms with Gasteiger partial charge in [0, 0.05) is 43.8 Å². The van der Waals surface area contributed by atoms with Crippen molar-refractivity contribution in [1.82, 2.24) is 19.6 Å². The van der Waals surface area contributed by atoms with E-state index in [1.165, 1.54) is 24.3 Å². The molecule has 192 valence electrons. The van der Waals surface area contributed by atoms with Gasteiger partial charge in [-0.05, 0) is 65.0 Å². The van der Waals surface area contributed by atoms with Crippen molar-refractivity contribution in [2.75, 3.05) is 31.1 Å². The number of hydrogen-bond donors (Lipinski definition) is 0. The fraction of sp³-hybridized carbons (Fsp3) is 0.429. The summed E-state index contributed by atoms with van der Waals surface area (Å²) in [6.07, 6.45) is 0. The molecule has 0 saturated carbocycles. The number of halogens is 2. The predicted molar refractivity (Wildman–Crippen MR) is 139 cm³/mol. The minimum atomic E-state index is -0.537. The number of hydrogen-bond acceptors (Lipinski definition) is 4. The highest BCUT2D eigenvalue weighted by molar-refractivity contribution is 5.94. The van der Waals surface area contributed by atoms with E-state index >= 15 is 0 Å². The number of piperazine rings is 1. The number of amides is 1. The Morgan fingerprint density at radius 2 is 1.69 bits per heavy atom. The van der Waals surface area contributed by atoms with Gasteiger partial charge in [-0.1, -0.05) is 18.2 Å². The fourth-order valence-corrected chi connectivity index (χ4v) is 4.74. The molecule has 2 heterocycles. The van der Waals surface area contributed by atoms with E-state index in [1.807, 2.05) is 26.8 Å². The van der Waals surface area contributed by atoms with Crippen LogP contribution in [0.25, 0.3) is 5.69 Å².